The number of benzene rings is 1. The third-order valence-electron chi connectivity index (χ3n) is 4.70. The number of hydrogen-bond acceptors (Lipinski definition) is 6. The summed E-state index contributed by atoms with van der Waals surface area (Å²) in [6.45, 7) is 3.20. The molecule has 2 N–H and O–H groups in total. The van der Waals surface area contributed by atoms with Crippen LogP contribution in [0.5, 0.6) is 0 Å². The number of hydrazone groups is 1. The molecule has 0 bridgehead atoms. The highest BCUT2D eigenvalue weighted by Crippen LogP contribution is 2.25. The van der Waals surface area contributed by atoms with E-state index < -0.39 is 6.04 Å². The Hall–Kier alpha value is -2.51. The van der Waals surface area contributed by atoms with E-state index in [0.29, 0.717) is 6.42 Å². The molecule has 2 aromatic rings. The van der Waals surface area contributed by atoms with Crippen molar-refractivity contribution >= 4 is 29.2 Å². The van der Waals surface area contributed by atoms with E-state index in [1.807, 2.05) is 41.3 Å². The van der Waals surface area contributed by atoms with Crippen LogP contribution >= 0.6 is 11.3 Å². The largest absolute Gasteiger partial charge is 0.335 e. The average molecular weight is 368 g/mol. The molecule has 1 unspecified atom stereocenters. The molecule has 6 nitrogen and oxygen atoms in total. The first kappa shape index (κ1) is 16.9. The van der Waals surface area contributed by atoms with Crippen molar-refractivity contribution in [1.29, 1.82) is 0 Å². The average Bonchev–Trinajstić information content (AvgIpc) is 3.17. The van der Waals surface area contributed by atoms with Gasteiger partial charge in [-0.1, -0.05) is 24.3 Å². The minimum Gasteiger partial charge on any atom is -0.335 e. The van der Waals surface area contributed by atoms with Gasteiger partial charge in [0.25, 0.3) is 5.91 Å². The Morgan fingerprint density at radius 1 is 1.23 bits per heavy atom. The topological polar surface area (TPSA) is 73.8 Å². The predicted molar refractivity (Wildman–Crippen MR) is 102 cm³/mol. The van der Waals surface area contributed by atoms with Crippen LogP contribution in [0, 0.1) is 0 Å². The van der Waals surface area contributed by atoms with Crippen molar-refractivity contribution in [2.75, 3.05) is 26.2 Å². The lowest BCUT2D eigenvalue weighted by Crippen LogP contribution is -2.46. The Morgan fingerprint density at radius 3 is 2.85 bits per heavy atom. The van der Waals surface area contributed by atoms with Crippen LogP contribution in [0.4, 0.5) is 0 Å². The van der Waals surface area contributed by atoms with Crippen LogP contribution in [-0.2, 0) is 11.2 Å². The van der Waals surface area contributed by atoms with Crippen LogP contribution in [0.3, 0.4) is 0 Å². The van der Waals surface area contributed by atoms with E-state index in [2.05, 4.69) is 15.8 Å². The summed E-state index contributed by atoms with van der Waals surface area (Å²) < 4.78 is 0. The highest BCUT2D eigenvalue weighted by molar-refractivity contribution is 7.14. The van der Waals surface area contributed by atoms with Gasteiger partial charge in [0.05, 0.1) is 10.6 Å². The van der Waals surface area contributed by atoms with Crippen LogP contribution < -0.4 is 10.7 Å². The van der Waals surface area contributed by atoms with Crippen LogP contribution in [0.1, 0.15) is 31.7 Å². The van der Waals surface area contributed by atoms with Crippen LogP contribution in [0.2, 0.25) is 0 Å². The Balaban J connectivity index is 1.52. The summed E-state index contributed by atoms with van der Waals surface area (Å²) in [5.74, 6) is 0.105. The number of rotatable bonds is 4. The maximum absolute atomic E-state index is 12.6. The van der Waals surface area contributed by atoms with E-state index in [4.69, 9.17) is 0 Å². The Kier molecular flexibility index (Phi) is 4.81. The number of amides is 1. The molecule has 0 saturated carbocycles. The number of carbonyl (C=O) groups is 2. The highest BCUT2D eigenvalue weighted by Gasteiger charge is 2.23. The molecule has 1 saturated heterocycles. The number of nitrogens with zero attached hydrogens (tertiary/aromatic N) is 2. The van der Waals surface area contributed by atoms with Crippen LogP contribution in [0.25, 0.3) is 0 Å². The minimum absolute atomic E-state index is 0.105. The molecule has 0 radical (unpaired) electrons. The summed E-state index contributed by atoms with van der Waals surface area (Å²) >= 11 is 1.52. The normalized spacial score (nSPS) is 19.3. The van der Waals surface area contributed by atoms with E-state index in [-0.39, 0.29) is 5.91 Å². The van der Waals surface area contributed by atoms with E-state index >= 15 is 0 Å². The van der Waals surface area contributed by atoms with Gasteiger partial charge in [-0.15, -0.1) is 11.3 Å². The van der Waals surface area contributed by atoms with Gasteiger partial charge in [-0.25, -0.2) is 0 Å². The summed E-state index contributed by atoms with van der Waals surface area (Å²) in [5, 5.41) is 7.66. The molecule has 3 heterocycles. The summed E-state index contributed by atoms with van der Waals surface area (Å²) in [5.41, 5.74) is 5.75. The van der Waals surface area contributed by atoms with Crippen molar-refractivity contribution in [3.05, 3.63) is 57.3 Å². The second-order valence-electron chi connectivity index (χ2n) is 6.37. The highest BCUT2D eigenvalue weighted by atomic mass is 32.1. The monoisotopic (exact) mass is 368 g/mol. The lowest BCUT2D eigenvalue weighted by molar-refractivity contribution is -0.109. The molecule has 2 aliphatic rings. The minimum atomic E-state index is -0.400. The SMILES string of the molecule is O=CC1NN=C(Cc2ccc(C(=O)N3CCNCC3)s2)c2ccccc21. The number of hydrogen-bond donors (Lipinski definition) is 2. The van der Waals surface area contributed by atoms with Gasteiger partial charge in [0.2, 0.25) is 0 Å². The molecule has 1 aromatic carbocycles. The maximum Gasteiger partial charge on any atom is 0.264 e. The third-order valence-corrected chi connectivity index (χ3v) is 5.77. The molecule has 7 heteroatoms. The van der Waals surface area contributed by atoms with Crippen molar-refractivity contribution in [2.45, 2.75) is 12.5 Å². The van der Waals surface area contributed by atoms with Gasteiger partial charge in [0, 0.05) is 43.0 Å². The summed E-state index contributed by atoms with van der Waals surface area (Å²) in [6, 6.07) is 11.3. The van der Waals surface area contributed by atoms with Crippen molar-refractivity contribution in [3.8, 4) is 0 Å². The van der Waals surface area contributed by atoms with Gasteiger partial charge < -0.3 is 15.0 Å². The molecule has 1 atom stereocenters. The van der Waals surface area contributed by atoms with Crippen molar-refractivity contribution in [1.82, 2.24) is 15.6 Å². The lowest BCUT2D eigenvalue weighted by Gasteiger charge is -2.26. The second kappa shape index (κ2) is 7.39. The molecule has 1 amide bonds. The molecule has 0 spiro atoms. The summed E-state index contributed by atoms with van der Waals surface area (Å²) in [4.78, 5) is 27.6. The zero-order valence-electron chi connectivity index (χ0n) is 14.3. The molecule has 26 heavy (non-hydrogen) atoms. The quantitative estimate of drug-likeness (QED) is 0.804. The van der Waals surface area contributed by atoms with E-state index in [1.165, 1.54) is 11.3 Å². The lowest BCUT2D eigenvalue weighted by atomic mass is 9.95. The zero-order valence-corrected chi connectivity index (χ0v) is 15.1. The number of nitrogens with one attached hydrogen (secondary N) is 2. The van der Waals surface area contributed by atoms with Gasteiger partial charge in [-0.3, -0.25) is 10.2 Å². The summed E-state index contributed by atoms with van der Waals surface area (Å²) in [6.07, 6.45) is 1.50. The smallest absolute Gasteiger partial charge is 0.264 e. The fraction of sp³-hybridized carbons (Fsp3) is 0.316. The first-order valence-corrected chi connectivity index (χ1v) is 9.53. The number of carbonyl (C=O) groups excluding carboxylic acids is 2. The molecule has 0 aliphatic carbocycles. The number of fused-ring (bicyclic) bond motifs is 1. The van der Waals surface area contributed by atoms with Gasteiger partial charge in [0.15, 0.2) is 0 Å². The van der Waals surface area contributed by atoms with Crippen molar-refractivity contribution in [3.63, 3.8) is 0 Å². The second-order valence-corrected chi connectivity index (χ2v) is 7.54. The molecule has 1 aromatic heterocycles. The molecular formula is C19H20N4O2S. The Morgan fingerprint density at radius 2 is 2.04 bits per heavy atom. The van der Waals surface area contributed by atoms with Gasteiger partial charge in [0.1, 0.15) is 12.3 Å². The van der Waals surface area contributed by atoms with E-state index in [0.717, 1.165) is 59.1 Å². The van der Waals surface area contributed by atoms with Gasteiger partial charge in [-0.05, 0) is 17.7 Å². The fourth-order valence-corrected chi connectivity index (χ4v) is 4.30. The molecular weight excluding hydrogens is 348 g/mol. The molecule has 2 aliphatic heterocycles. The third kappa shape index (κ3) is 3.27. The van der Waals surface area contributed by atoms with E-state index in [1.54, 1.807) is 0 Å². The van der Waals surface area contributed by atoms with Gasteiger partial charge in [-0.2, -0.15) is 5.10 Å². The van der Waals surface area contributed by atoms with Gasteiger partial charge >= 0.3 is 0 Å². The van der Waals surface area contributed by atoms with Crippen LogP contribution in [-0.4, -0.2) is 49.0 Å². The molecule has 4 rings (SSSR count). The van der Waals surface area contributed by atoms with Crippen molar-refractivity contribution < 1.29 is 9.59 Å². The number of thiophene rings is 1. The van der Waals surface area contributed by atoms with E-state index in [9.17, 15) is 9.59 Å². The number of aldehydes is 1. The Labute approximate surface area is 155 Å². The predicted octanol–water partition coefficient (Wildman–Crippen LogP) is 1.58. The first-order valence-electron chi connectivity index (χ1n) is 8.71. The molecule has 134 valence electrons. The molecule has 1 fully saturated rings. The summed E-state index contributed by atoms with van der Waals surface area (Å²) in [7, 11) is 0. The van der Waals surface area contributed by atoms with Crippen molar-refractivity contribution in [2.24, 2.45) is 5.10 Å². The first-order chi connectivity index (χ1) is 12.8. The maximum atomic E-state index is 12.6. The fourth-order valence-electron chi connectivity index (χ4n) is 3.32. The Bertz CT molecular complexity index is 855. The zero-order chi connectivity index (χ0) is 17.9. The number of piperazine rings is 1. The van der Waals surface area contributed by atoms with Crippen LogP contribution in [0.15, 0.2) is 41.5 Å². The standard InChI is InChI=1S/C19H20N4O2S/c24-12-17-15-4-2-1-3-14(15)16(21-22-17)11-13-5-6-18(26-13)19(25)23-9-7-20-8-10-23/h1-6,12,17,20,22H,7-11H2.